The van der Waals surface area contributed by atoms with E-state index in [0.29, 0.717) is 15.7 Å². The fraction of sp³-hybridized carbons (Fsp3) is 0.368. The summed E-state index contributed by atoms with van der Waals surface area (Å²) >= 11 is 0. The van der Waals surface area contributed by atoms with Gasteiger partial charge in [0.15, 0.2) is 0 Å². The minimum Gasteiger partial charge on any atom is -0.219 e. The molecule has 0 aromatic heterocycles. The maximum atomic E-state index is 12.7. The Hall–Kier alpha value is -1.61. The summed E-state index contributed by atoms with van der Waals surface area (Å²) in [5, 5.41) is 0. The van der Waals surface area contributed by atoms with Gasteiger partial charge in [-0.05, 0) is 46.7 Å². The topological polar surface area (TPSA) is 34.1 Å². The molecule has 0 heterocycles. The van der Waals surface area contributed by atoms with Crippen molar-refractivity contribution in [2.45, 2.75) is 55.7 Å². The normalized spacial score (nSPS) is 12.6. The largest absolute Gasteiger partial charge is 0.219 e. The SMILES string of the molecule is CC(C)c1ccc(S(=O)(=O)c2ccc(C(C)(C)C)cc2)cc1. The Kier molecular flexibility index (Phi) is 4.48. The molecule has 0 saturated carbocycles. The number of sulfone groups is 1. The van der Waals surface area contributed by atoms with E-state index in [1.54, 1.807) is 24.3 Å². The van der Waals surface area contributed by atoms with E-state index in [4.69, 9.17) is 0 Å². The van der Waals surface area contributed by atoms with Crippen LogP contribution in [0.3, 0.4) is 0 Å². The van der Waals surface area contributed by atoms with Crippen molar-refractivity contribution in [3.8, 4) is 0 Å². The molecular formula is C19H24O2S. The van der Waals surface area contributed by atoms with Gasteiger partial charge in [-0.2, -0.15) is 0 Å². The first-order chi connectivity index (χ1) is 10.1. The maximum absolute atomic E-state index is 12.7. The van der Waals surface area contributed by atoms with Crippen LogP contribution in [-0.4, -0.2) is 8.42 Å². The number of benzene rings is 2. The summed E-state index contributed by atoms with van der Waals surface area (Å²) in [6.07, 6.45) is 0. The summed E-state index contributed by atoms with van der Waals surface area (Å²) < 4.78 is 25.4. The lowest BCUT2D eigenvalue weighted by Crippen LogP contribution is -2.11. The van der Waals surface area contributed by atoms with Gasteiger partial charge in [0.1, 0.15) is 0 Å². The van der Waals surface area contributed by atoms with Crippen LogP contribution in [0.25, 0.3) is 0 Å². The minimum absolute atomic E-state index is 0.0151. The Morgan fingerprint density at radius 3 is 1.55 bits per heavy atom. The number of hydrogen-bond acceptors (Lipinski definition) is 2. The first-order valence-electron chi connectivity index (χ1n) is 7.58. The second-order valence-corrected chi connectivity index (χ2v) is 8.95. The third-order valence-corrected chi connectivity index (χ3v) is 5.67. The maximum Gasteiger partial charge on any atom is 0.206 e. The molecule has 2 aromatic carbocycles. The van der Waals surface area contributed by atoms with Crippen molar-refractivity contribution in [2.24, 2.45) is 0 Å². The molecule has 0 unspecified atom stereocenters. The molecule has 0 radical (unpaired) electrons. The van der Waals surface area contributed by atoms with E-state index in [1.807, 2.05) is 24.3 Å². The van der Waals surface area contributed by atoms with E-state index >= 15 is 0 Å². The molecule has 0 aliphatic heterocycles. The Bertz CT molecular complexity index is 732. The zero-order valence-electron chi connectivity index (χ0n) is 13.9. The Morgan fingerprint density at radius 2 is 1.18 bits per heavy atom. The van der Waals surface area contributed by atoms with E-state index in [9.17, 15) is 8.42 Å². The van der Waals surface area contributed by atoms with Crippen molar-refractivity contribution in [1.29, 1.82) is 0 Å². The quantitative estimate of drug-likeness (QED) is 0.803. The third kappa shape index (κ3) is 3.41. The molecule has 3 heteroatoms. The molecule has 0 saturated heterocycles. The van der Waals surface area contributed by atoms with Crippen LogP contribution in [0.5, 0.6) is 0 Å². The Labute approximate surface area is 134 Å². The molecule has 0 aliphatic rings. The van der Waals surface area contributed by atoms with Crippen LogP contribution < -0.4 is 0 Å². The van der Waals surface area contributed by atoms with Crippen LogP contribution in [0.2, 0.25) is 0 Å². The van der Waals surface area contributed by atoms with Gasteiger partial charge >= 0.3 is 0 Å². The summed E-state index contributed by atoms with van der Waals surface area (Å²) in [5.41, 5.74) is 2.28. The molecular weight excluding hydrogens is 292 g/mol. The van der Waals surface area contributed by atoms with Gasteiger partial charge in [-0.25, -0.2) is 8.42 Å². The molecule has 2 aromatic rings. The molecule has 0 atom stereocenters. The number of hydrogen-bond donors (Lipinski definition) is 0. The third-order valence-electron chi connectivity index (χ3n) is 3.89. The highest BCUT2D eigenvalue weighted by Crippen LogP contribution is 2.27. The summed E-state index contributed by atoms with van der Waals surface area (Å²) in [5.74, 6) is 0.392. The summed E-state index contributed by atoms with van der Waals surface area (Å²) in [4.78, 5) is 0.693. The lowest BCUT2D eigenvalue weighted by Gasteiger charge is -2.19. The average Bonchev–Trinajstić information content (AvgIpc) is 2.46. The molecule has 2 nitrogen and oxygen atoms in total. The molecule has 0 spiro atoms. The molecule has 22 heavy (non-hydrogen) atoms. The summed E-state index contributed by atoms with van der Waals surface area (Å²) in [6.45, 7) is 10.5. The van der Waals surface area contributed by atoms with Gasteiger partial charge in [-0.1, -0.05) is 58.9 Å². The molecule has 0 N–H and O–H groups in total. The van der Waals surface area contributed by atoms with Gasteiger partial charge in [0.25, 0.3) is 0 Å². The Morgan fingerprint density at radius 1 is 0.773 bits per heavy atom. The van der Waals surface area contributed by atoms with Gasteiger partial charge in [0.2, 0.25) is 9.84 Å². The molecule has 0 fully saturated rings. The van der Waals surface area contributed by atoms with Crippen molar-refractivity contribution in [2.75, 3.05) is 0 Å². The van der Waals surface area contributed by atoms with Crippen molar-refractivity contribution in [3.05, 3.63) is 59.7 Å². The van der Waals surface area contributed by atoms with Crippen molar-refractivity contribution in [1.82, 2.24) is 0 Å². The van der Waals surface area contributed by atoms with Gasteiger partial charge < -0.3 is 0 Å². The van der Waals surface area contributed by atoms with E-state index in [2.05, 4.69) is 34.6 Å². The van der Waals surface area contributed by atoms with Crippen LogP contribution in [0, 0.1) is 0 Å². The van der Waals surface area contributed by atoms with E-state index in [0.717, 1.165) is 11.1 Å². The van der Waals surface area contributed by atoms with Crippen LogP contribution >= 0.6 is 0 Å². The summed E-state index contributed by atoms with van der Waals surface area (Å²) in [7, 11) is -3.44. The van der Waals surface area contributed by atoms with Crippen LogP contribution in [0.15, 0.2) is 58.3 Å². The van der Waals surface area contributed by atoms with Gasteiger partial charge in [0, 0.05) is 0 Å². The van der Waals surface area contributed by atoms with Crippen molar-refractivity contribution < 1.29 is 8.42 Å². The Balaban J connectivity index is 2.38. The smallest absolute Gasteiger partial charge is 0.206 e. The molecule has 0 amide bonds. The molecule has 0 aliphatic carbocycles. The van der Waals surface area contributed by atoms with E-state index in [1.165, 1.54) is 0 Å². The second-order valence-electron chi connectivity index (χ2n) is 7.00. The molecule has 0 bridgehead atoms. The highest BCUT2D eigenvalue weighted by molar-refractivity contribution is 7.91. The second kappa shape index (κ2) is 5.88. The zero-order chi connectivity index (χ0) is 16.5. The standard InChI is InChI=1S/C19H24O2S/c1-14(2)15-6-10-17(11-7-15)22(20,21)18-12-8-16(9-13-18)19(3,4)5/h6-14H,1-5H3. The predicted molar refractivity (Wildman–Crippen MR) is 91.1 cm³/mol. The zero-order valence-corrected chi connectivity index (χ0v) is 14.7. The van der Waals surface area contributed by atoms with Crippen molar-refractivity contribution >= 4 is 9.84 Å². The molecule has 118 valence electrons. The lowest BCUT2D eigenvalue weighted by atomic mass is 9.87. The van der Waals surface area contributed by atoms with Gasteiger partial charge in [0.05, 0.1) is 9.79 Å². The highest BCUT2D eigenvalue weighted by Gasteiger charge is 2.19. The lowest BCUT2D eigenvalue weighted by molar-refractivity contribution is 0.586. The first-order valence-corrected chi connectivity index (χ1v) is 9.06. The van der Waals surface area contributed by atoms with Crippen LogP contribution in [0.4, 0.5) is 0 Å². The van der Waals surface area contributed by atoms with E-state index in [-0.39, 0.29) is 5.41 Å². The highest BCUT2D eigenvalue weighted by atomic mass is 32.2. The summed E-state index contributed by atoms with van der Waals surface area (Å²) in [6, 6.07) is 14.4. The fourth-order valence-electron chi connectivity index (χ4n) is 2.30. The average molecular weight is 316 g/mol. The molecule has 2 rings (SSSR count). The van der Waals surface area contributed by atoms with Crippen molar-refractivity contribution in [3.63, 3.8) is 0 Å². The van der Waals surface area contributed by atoms with Gasteiger partial charge in [-0.3, -0.25) is 0 Å². The van der Waals surface area contributed by atoms with Gasteiger partial charge in [-0.15, -0.1) is 0 Å². The van der Waals surface area contributed by atoms with Crippen LogP contribution in [-0.2, 0) is 15.3 Å². The van der Waals surface area contributed by atoms with E-state index < -0.39 is 9.84 Å². The van der Waals surface area contributed by atoms with Crippen LogP contribution in [0.1, 0.15) is 51.7 Å². The minimum atomic E-state index is -3.44. The first kappa shape index (κ1) is 16.8. The fourth-order valence-corrected chi connectivity index (χ4v) is 3.56. The monoisotopic (exact) mass is 316 g/mol. The number of rotatable bonds is 3. The predicted octanol–water partition coefficient (Wildman–Crippen LogP) is 4.94.